The van der Waals surface area contributed by atoms with E-state index in [0.29, 0.717) is 50.6 Å². The Hall–Kier alpha value is -1.97. The minimum Gasteiger partial charge on any atom is -0.348 e. The van der Waals surface area contributed by atoms with Crippen LogP contribution in [0, 0.1) is 22.7 Å². The lowest BCUT2D eigenvalue weighted by Gasteiger charge is -2.53. The molecule has 9 heteroatoms. The maximum Gasteiger partial charge on any atom is 0.397 e. The van der Waals surface area contributed by atoms with Crippen LogP contribution in [0.5, 0.6) is 0 Å². The van der Waals surface area contributed by atoms with E-state index in [1.165, 1.54) is 24.8 Å². The van der Waals surface area contributed by atoms with E-state index in [9.17, 15) is 17.8 Å². The summed E-state index contributed by atoms with van der Waals surface area (Å²) in [5.41, 5.74) is 3.57. The number of hydrogen-bond donors (Lipinski definition) is 2. The molecule has 0 spiro atoms. The molecule has 1 fully saturated rings. The average molecular weight is 548 g/mol. The number of carbonyl (C=O) groups excluding carboxylic acids is 1. The van der Waals surface area contributed by atoms with Gasteiger partial charge < -0.3 is 9.88 Å². The monoisotopic (exact) mass is 547 g/mol. The highest BCUT2D eigenvalue weighted by Crippen LogP contribution is 2.58. The molecule has 1 saturated carbocycles. The summed E-state index contributed by atoms with van der Waals surface area (Å²) < 4.78 is 38.0. The van der Waals surface area contributed by atoms with E-state index in [1.807, 2.05) is 11.0 Å². The van der Waals surface area contributed by atoms with Crippen molar-refractivity contribution in [1.29, 1.82) is 0 Å². The SMILES string of the molecule is C[C@H]1CC[C@H]2C(=CCCC2(C)C)[C@@]1(C)CCC(CCCC1=CCN(CCc2cnc[nH]2)C1=O)OS(=O)(=O)O. The molecular formula is C29H45N3O5S. The molecule has 1 aromatic rings. The normalized spacial score (nSPS) is 28.1. The van der Waals surface area contributed by atoms with Crippen molar-refractivity contribution in [3.63, 3.8) is 0 Å². The van der Waals surface area contributed by atoms with E-state index in [-0.39, 0.29) is 16.7 Å². The van der Waals surface area contributed by atoms with E-state index < -0.39 is 16.5 Å². The minimum atomic E-state index is -4.56. The standard InChI is InChI=1S/C29H45N3O5S/c1-21-10-11-25-26(9-6-15-28(25,2)3)29(21,4)16-12-24(37-38(34,35)36)8-5-7-22-13-17-32(27(22)33)18-14-23-19-30-20-31-23/h9,13,19-21,24-25H,5-8,10-12,14-18H2,1-4H3,(H,30,31)(H,34,35,36)/t21-,24?,25-,29-/m0/s1. The lowest BCUT2D eigenvalue weighted by Crippen LogP contribution is -2.43. The maximum atomic E-state index is 12.8. The molecule has 0 aromatic carbocycles. The quantitative estimate of drug-likeness (QED) is 0.258. The zero-order valence-electron chi connectivity index (χ0n) is 23.4. The Morgan fingerprint density at radius 2 is 2.00 bits per heavy atom. The number of hydrogen-bond acceptors (Lipinski definition) is 5. The number of aromatic nitrogens is 2. The van der Waals surface area contributed by atoms with E-state index in [2.05, 4.69) is 43.7 Å². The molecule has 2 N–H and O–H groups in total. The summed E-state index contributed by atoms with van der Waals surface area (Å²) in [6.07, 6.45) is 15.6. The molecule has 4 atom stereocenters. The van der Waals surface area contributed by atoms with Gasteiger partial charge in [-0.1, -0.05) is 45.4 Å². The van der Waals surface area contributed by atoms with Gasteiger partial charge in [0.05, 0.1) is 12.4 Å². The third kappa shape index (κ3) is 6.77. The Kier molecular flexibility index (Phi) is 8.89. The molecule has 212 valence electrons. The Bertz CT molecular complexity index is 1140. The van der Waals surface area contributed by atoms with Crippen LogP contribution in [0.25, 0.3) is 0 Å². The van der Waals surface area contributed by atoms with Gasteiger partial charge in [0.2, 0.25) is 5.91 Å². The molecule has 0 saturated heterocycles. The van der Waals surface area contributed by atoms with Gasteiger partial charge in [-0.3, -0.25) is 9.35 Å². The van der Waals surface area contributed by atoms with Crippen LogP contribution < -0.4 is 0 Å². The summed E-state index contributed by atoms with van der Waals surface area (Å²) in [6.45, 7) is 10.6. The van der Waals surface area contributed by atoms with Crippen LogP contribution in [0.3, 0.4) is 0 Å². The van der Waals surface area contributed by atoms with Crippen LogP contribution in [0.15, 0.2) is 35.8 Å². The smallest absolute Gasteiger partial charge is 0.348 e. The van der Waals surface area contributed by atoms with Crippen molar-refractivity contribution >= 4 is 16.3 Å². The second-order valence-corrected chi connectivity index (χ2v) is 13.6. The third-order valence-electron chi connectivity index (χ3n) is 9.65. The van der Waals surface area contributed by atoms with Crippen molar-refractivity contribution < 1.29 is 21.9 Å². The van der Waals surface area contributed by atoms with Crippen LogP contribution in [-0.4, -0.2) is 52.9 Å². The molecule has 2 heterocycles. The molecule has 1 unspecified atom stereocenters. The van der Waals surface area contributed by atoms with Crippen molar-refractivity contribution in [3.8, 4) is 0 Å². The summed E-state index contributed by atoms with van der Waals surface area (Å²) in [7, 11) is -4.56. The molecule has 1 aliphatic heterocycles. The van der Waals surface area contributed by atoms with Crippen molar-refractivity contribution in [2.45, 2.75) is 98.0 Å². The highest BCUT2D eigenvalue weighted by atomic mass is 32.3. The molecular weight excluding hydrogens is 502 g/mol. The number of carbonyl (C=O) groups is 1. The first-order valence-electron chi connectivity index (χ1n) is 14.2. The topological polar surface area (TPSA) is 113 Å². The van der Waals surface area contributed by atoms with Gasteiger partial charge in [-0.2, -0.15) is 8.42 Å². The van der Waals surface area contributed by atoms with Crippen molar-refractivity contribution in [2.75, 3.05) is 13.1 Å². The van der Waals surface area contributed by atoms with Gasteiger partial charge in [-0.05, 0) is 80.5 Å². The number of rotatable bonds is 12. The van der Waals surface area contributed by atoms with Crippen LogP contribution in [0.4, 0.5) is 0 Å². The Morgan fingerprint density at radius 1 is 1.21 bits per heavy atom. The fraction of sp³-hybridized carbons (Fsp3) is 0.724. The predicted octanol–water partition coefficient (Wildman–Crippen LogP) is 5.66. The summed E-state index contributed by atoms with van der Waals surface area (Å²) in [5.74, 6) is 1.10. The van der Waals surface area contributed by atoms with E-state index >= 15 is 0 Å². The van der Waals surface area contributed by atoms with E-state index in [1.54, 1.807) is 12.5 Å². The summed E-state index contributed by atoms with van der Waals surface area (Å²) in [6, 6.07) is 0. The zero-order valence-corrected chi connectivity index (χ0v) is 24.2. The molecule has 0 radical (unpaired) electrons. The molecule has 3 aliphatic rings. The van der Waals surface area contributed by atoms with Crippen molar-refractivity contribution in [2.24, 2.45) is 22.7 Å². The molecule has 0 bridgehead atoms. The molecule has 2 aliphatic carbocycles. The second-order valence-electron chi connectivity index (χ2n) is 12.5. The fourth-order valence-corrected chi connectivity index (χ4v) is 7.53. The summed E-state index contributed by atoms with van der Waals surface area (Å²) in [5, 5.41) is 0. The molecule has 38 heavy (non-hydrogen) atoms. The number of aromatic amines is 1. The maximum absolute atomic E-state index is 12.8. The second kappa shape index (κ2) is 11.6. The predicted molar refractivity (Wildman–Crippen MR) is 148 cm³/mol. The number of nitrogens with zero attached hydrogens (tertiary/aromatic N) is 2. The van der Waals surface area contributed by atoms with Gasteiger partial charge in [0, 0.05) is 37.0 Å². The van der Waals surface area contributed by atoms with Gasteiger partial charge in [0.25, 0.3) is 0 Å². The highest BCUT2D eigenvalue weighted by Gasteiger charge is 2.48. The molecule has 4 rings (SSSR count). The van der Waals surface area contributed by atoms with Gasteiger partial charge >= 0.3 is 10.4 Å². The first-order valence-corrected chi connectivity index (χ1v) is 15.6. The van der Waals surface area contributed by atoms with Crippen LogP contribution in [0.1, 0.15) is 91.2 Å². The van der Waals surface area contributed by atoms with Crippen molar-refractivity contribution in [3.05, 3.63) is 41.5 Å². The fourth-order valence-electron chi connectivity index (χ4n) is 6.99. The summed E-state index contributed by atoms with van der Waals surface area (Å²) in [4.78, 5) is 21.7. The van der Waals surface area contributed by atoms with Crippen LogP contribution >= 0.6 is 0 Å². The van der Waals surface area contributed by atoms with Gasteiger partial charge in [-0.25, -0.2) is 9.17 Å². The Labute approximate surface area is 228 Å². The minimum absolute atomic E-state index is 0.0134. The Balaban J connectivity index is 1.33. The lowest BCUT2D eigenvalue weighted by molar-refractivity contribution is -0.125. The first-order chi connectivity index (χ1) is 17.9. The summed E-state index contributed by atoms with van der Waals surface area (Å²) >= 11 is 0. The van der Waals surface area contributed by atoms with E-state index in [4.69, 9.17) is 4.18 Å². The third-order valence-corrected chi connectivity index (χ3v) is 10.2. The van der Waals surface area contributed by atoms with Crippen molar-refractivity contribution in [1.82, 2.24) is 14.9 Å². The molecule has 8 nitrogen and oxygen atoms in total. The molecule has 1 aromatic heterocycles. The van der Waals surface area contributed by atoms with Crippen LogP contribution in [0.2, 0.25) is 0 Å². The zero-order chi connectivity index (χ0) is 27.6. The number of imidazole rings is 1. The Morgan fingerprint density at radius 3 is 2.71 bits per heavy atom. The van der Waals surface area contributed by atoms with Gasteiger partial charge in [0.1, 0.15) is 0 Å². The molecule has 1 amide bonds. The highest BCUT2D eigenvalue weighted by molar-refractivity contribution is 7.80. The number of fused-ring (bicyclic) bond motifs is 1. The average Bonchev–Trinajstić information content (AvgIpc) is 3.48. The van der Waals surface area contributed by atoms with E-state index in [0.717, 1.165) is 30.5 Å². The number of nitrogens with one attached hydrogen (secondary N) is 1. The lowest BCUT2D eigenvalue weighted by atomic mass is 9.52. The van der Waals surface area contributed by atoms with Gasteiger partial charge in [-0.15, -0.1) is 0 Å². The van der Waals surface area contributed by atoms with Crippen LogP contribution in [-0.2, 0) is 25.8 Å². The number of amides is 1. The number of allylic oxidation sites excluding steroid dienone is 2. The van der Waals surface area contributed by atoms with Gasteiger partial charge in [0.15, 0.2) is 0 Å². The first kappa shape index (κ1) is 29.0. The largest absolute Gasteiger partial charge is 0.397 e. The number of H-pyrrole nitrogens is 1.